The van der Waals surface area contributed by atoms with Crippen LogP contribution in [0.1, 0.15) is 13.3 Å². The fourth-order valence-corrected chi connectivity index (χ4v) is 1.86. The molecular weight excluding hydrogens is 245 g/mol. The third kappa shape index (κ3) is 2.91. The second-order valence-corrected chi connectivity index (χ2v) is 4.07. The van der Waals surface area contributed by atoms with Crippen LogP contribution >= 0.6 is 11.6 Å². The van der Waals surface area contributed by atoms with Crippen LogP contribution in [0.3, 0.4) is 0 Å². The third-order valence-corrected chi connectivity index (χ3v) is 2.73. The second kappa shape index (κ2) is 5.71. The summed E-state index contributed by atoms with van der Waals surface area (Å²) in [4.78, 5) is 0. The summed E-state index contributed by atoms with van der Waals surface area (Å²) in [5, 5.41) is 0.254. The van der Waals surface area contributed by atoms with Crippen LogP contribution in [0.15, 0.2) is 12.1 Å². The molecule has 2 rings (SSSR count). The molecule has 0 N–H and O–H groups in total. The quantitative estimate of drug-likeness (QED) is 0.776. The van der Waals surface area contributed by atoms with Crippen molar-refractivity contribution < 1.29 is 18.4 Å². The fraction of sp³-hybridized carbons (Fsp3) is 0.455. The first-order valence-corrected chi connectivity index (χ1v) is 5.95. The molecule has 0 aromatic heterocycles. The maximum absolute atomic E-state index is 13.8. The third-order valence-electron chi connectivity index (χ3n) is 2.43. The smallest absolute Gasteiger partial charge is 0.492 e. The number of hydrogen-bond donors (Lipinski definition) is 0. The Morgan fingerprint density at radius 3 is 2.76 bits per heavy atom. The Balaban J connectivity index is 2.28. The highest BCUT2D eigenvalue weighted by molar-refractivity contribution is 6.61. The van der Waals surface area contributed by atoms with Gasteiger partial charge in [-0.3, -0.25) is 0 Å². The van der Waals surface area contributed by atoms with Crippen molar-refractivity contribution in [2.75, 3.05) is 19.8 Å². The topological polar surface area (TPSA) is 27.7 Å². The molecule has 0 radical (unpaired) electrons. The molecule has 0 spiro atoms. The summed E-state index contributed by atoms with van der Waals surface area (Å²) in [6.07, 6.45) is 0.823. The average Bonchev–Trinajstić information content (AvgIpc) is 2.34. The van der Waals surface area contributed by atoms with Crippen molar-refractivity contribution in [3.05, 3.63) is 23.0 Å². The monoisotopic (exact) mass is 258 g/mol. The van der Waals surface area contributed by atoms with Gasteiger partial charge < -0.3 is 14.0 Å². The highest BCUT2D eigenvalue weighted by Gasteiger charge is 2.28. The summed E-state index contributed by atoms with van der Waals surface area (Å²) in [7, 11) is -0.666. The van der Waals surface area contributed by atoms with Gasteiger partial charge >= 0.3 is 7.12 Å². The second-order valence-electron chi connectivity index (χ2n) is 3.66. The molecule has 1 saturated heterocycles. The van der Waals surface area contributed by atoms with Gasteiger partial charge in [-0.25, -0.2) is 4.39 Å². The molecule has 1 aromatic rings. The van der Waals surface area contributed by atoms with Crippen LogP contribution in [0.2, 0.25) is 5.02 Å². The summed E-state index contributed by atoms with van der Waals surface area (Å²) in [6.45, 7) is 3.44. The van der Waals surface area contributed by atoms with Gasteiger partial charge in [0.05, 0.1) is 11.6 Å². The predicted molar refractivity (Wildman–Crippen MR) is 64.5 cm³/mol. The lowest BCUT2D eigenvalue weighted by atomic mass is 9.77. The van der Waals surface area contributed by atoms with E-state index in [4.69, 9.17) is 25.6 Å². The van der Waals surface area contributed by atoms with E-state index in [0.717, 1.165) is 6.42 Å². The minimum absolute atomic E-state index is 0.254. The number of ether oxygens (including phenoxy) is 1. The molecule has 0 amide bonds. The lowest BCUT2D eigenvalue weighted by Gasteiger charge is -2.21. The van der Waals surface area contributed by atoms with Gasteiger partial charge in [-0.15, -0.1) is 0 Å². The van der Waals surface area contributed by atoms with Crippen molar-refractivity contribution >= 4 is 24.2 Å². The molecule has 1 aromatic carbocycles. The van der Waals surface area contributed by atoms with Gasteiger partial charge in [-0.1, -0.05) is 11.6 Å². The van der Waals surface area contributed by atoms with E-state index in [1.165, 1.54) is 12.1 Å². The Morgan fingerprint density at radius 2 is 2.12 bits per heavy atom. The molecule has 0 atom stereocenters. The maximum Gasteiger partial charge on any atom is 0.497 e. The van der Waals surface area contributed by atoms with Crippen LogP contribution < -0.4 is 10.2 Å². The number of rotatable bonds is 3. The number of benzene rings is 1. The van der Waals surface area contributed by atoms with E-state index in [2.05, 4.69) is 0 Å². The zero-order valence-corrected chi connectivity index (χ0v) is 10.3. The molecule has 1 fully saturated rings. The zero-order valence-electron chi connectivity index (χ0n) is 9.54. The maximum atomic E-state index is 13.8. The van der Waals surface area contributed by atoms with Crippen LogP contribution in [-0.2, 0) is 9.31 Å². The first-order valence-electron chi connectivity index (χ1n) is 5.57. The van der Waals surface area contributed by atoms with Crippen LogP contribution in [-0.4, -0.2) is 26.9 Å². The zero-order chi connectivity index (χ0) is 12.3. The molecule has 0 aliphatic carbocycles. The predicted octanol–water partition coefficient (Wildman–Crippen LogP) is 2.01. The molecule has 1 aliphatic rings. The Bertz CT molecular complexity index is 397. The van der Waals surface area contributed by atoms with Crippen molar-refractivity contribution in [3.63, 3.8) is 0 Å². The van der Waals surface area contributed by atoms with E-state index in [0.29, 0.717) is 31.0 Å². The van der Waals surface area contributed by atoms with Crippen molar-refractivity contribution in [1.82, 2.24) is 0 Å². The Hall–Kier alpha value is -0.775. The van der Waals surface area contributed by atoms with E-state index in [-0.39, 0.29) is 5.02 Å². The SMILES string of the molecule is CCOc1cc(B2OCCCO2)c(F)cc1Cl. The van der Waals surface area contributed by atoms with E-state index >= 15 is 0 Å². The summed E-state index contributed by atoms with van der Waals surface area (Å²) >= 11 is 5.87. The van der Waals surface area contributed by atoms with Gasteiger partial charge in [-0.05, 0) is 25.5 Å². The molecule has 3 nitrogen and oxygen atoms in total. The van der Waals surface area contributed by atoms with Gasteiger partial charge in [0, 0.05) is 18.7 Å². The Kier molecular flexibility index (Phi) is 4.26. The summed E-state index contributed by atoms with van der Waals surface area (Å²) in [5.74, 6) is 0.00805. The number of hydrogen-bond acceptors (Lipinski definition) is 3. The highest BCUT2D eigenvalue weighted by atomic mass is 35.5. The van der Waals surface area contributed by atoms with Gasteiger partial charge in [0.2, 0.25) is 0 Å². The van der Waals surface area contributed by atoms with E-state index < -0.39 is 12.9 Å². The molecule has 1 heterocycles. The first-order chi connectivity index (χ1) is 8.22. The summed E-state index contributed by atoms with van der Waals surface area (Å²) in [5.41, 5.74) is 0.331. The molecule has 0 saturated carbocycles. The van der Waals surface area contributed by atoms with Crippen molar-refractivity contribution in [1.29, 1.82) is 0 Å². The van der Waals surface area contributed by atoms with Gasteiger partial charge in [-0.2, -0.15) is 0 Å². The Morgan fingerprint density at radius 1 is 1.41 bits per heavy atom. The van der Waals surface area contributed by atoms with Gasteiger partial charge in [0.25, 0.3) is 0 Å². The van der Waals surface area contributed by atoms with Crippen molar-refractivity contribution in [2.24, 2.45) is 0 Å². The molecule has 0 unspecified atom stereocenters. The summed E-state index contributed by atoms with van der Waals surface area (Å²) in [6, 6.07) is 2.76. The van der Waals surface area contributed by atoms with Crippen LogP contribution in [0.5, 0.6) is 5.75 Å². The minimum Gasteiger partial charge on any atom is -0.492 e. The number of halogens is 2. The molecular formula is C11H13BClFO3. The fourth-order valence-electron chi connectivity index (χ4n) is 1.66. The van der Waals surface area contributed by atoms with Crippen LogP contribution in [0.4, 0.5) is 4.39 Å². The summed E-state index contributed by atoms with van der Waals surface area (Å²) < 4.78 is 29.8. The van der Waals surface area contributed by atoms with Crippen molar-refractivity contribution in [2.45, 2.75) is 13.3 Å². The van der Waals surface area contributed by atoms with E-state index in [9.17, 15) is 4.39 Å². The normalized spacial score (nSPS) is 16.1. The van der Waals surface area contributed by atoms with E-state index in [1.807, 2.05) is 6.92 Å². The molecule has 0 bridgehead atoms. The minimum atomic E-state index is -0.666. The Labute approximate surface area is 105 Å². The lowest BCUT2D eigenvalue weighted by Crippen LogP contribution is -2.42. The molecule has 1 aliphatic heterocycles. The molecule has 6 heteroatoms. The molecule has 17 heavy (non-hydrogen) atoms. The van der Waals surface area contributed by atoms with Gasteiger partial charge in [0.1, 0.15) is 11.6 Å². The van der Waals surface area contributed by atoms with Crippen LogP contribution in [0, 0.1) is 5.82 Å². The van der Waals surface area contributed by atoms with Crippen molar-refractivity contribution in [3.8, 4) is 5.75 Å². The molecule has 92 valence electrons. The largest absolute Gasteiger partial charge is 0.497 e. The first kappa shape index (κ1) is 12.7. The standard InChI is InChI=1S/C11H13BClFO3/c1-2-15-11-6-8(10(14)7-9(11)13)12-16-4-3-5-17-12/h6-7H,2-5H2,1H3. The average molecular weight is 258 g/mol. The highest BCUT2D eigenvalue weighted by Crippen LogP contribution is 2.24. The van der Waals surface area contributed by atoms with Gasteiger partial charge in [0.15, 0.2) is 0 Å². The van der Waals surface area contributed by atoms with E-state index in [1.54, 1.807) is 0 Å². The lowest BCUT2D eigenvalue weighted by molar-refractivity contribution is 0.143. The van der Waals surface area contributed by atoms with Crippen LogP contribution in [0.25, 0.3) is 0 Å².